The molecule has 1 saturated heterocycles. The first-order valence-corrected chi connectivity index (χ1v) is 4.83. The number of pyridine rings is 1. The van der Waals surface area contributed by atoms with Crippen LogP contribution in [0.3, 0.4) is 0 Å². The minimum Gasteiger partial charge on any atom is -0.394 e. The van der Waals surface area contributed by atoms with Crippen LogP contribution >= 0.6 is 0 Å². The van der Waals surface area contributed by atoms with Gasteiger partial charge in [-0.25, -0.2) is 0 Å². The lowest BCUT2D eigenvalue weighted by Crippen LogP contribution is -2.31. The summed E-state index contributed by atoms with van der Waals surface area (Å²) in [5.74, 6) is 0. The van der Waals surface area contributed by atoms with Gasteiger partial charge in [0.1, 0.15) is 0 Å². The summed E-state index contributed by atoms with van der Waals surface area (Å²) in [5, 5.41) is 0. The molecule has 4 nitrogen and oxygen atoms in total. The molecule has 0 spiro atoms. The number of ether oxygens (including phenoxy) is 1. The van der Waals surface area contributed by atoms with Crippen LogP contribution in [0.4, 0.5) is 5.69 Å². The monoisotopic (exact) mass is 194 g/mol. The van der Waals surface area contributed by atoms with Crippen molar-refractivity contribution in [1.29, 1.82) is 0 Å². The van der Waals surface area contributed by atoms with Crippen molar-refractivity contribution in [2.24, 2.45) is 0 Å². The lowest BCUT2D eigenvalue weighted by Gasteiger charge is -2.24. The third kappa shape index (κ3) is 1.65. The largest absolute Gasteiger partial charge is 0.394 e. The van der Waals surface area contributed by atoms with Gasteiger partial charge in [-0.15, -0.1) is 0 Å². The first-order chi connectivity index (χ1) is 6.79. The standard InChI is InChI=1S/C10H14N2O2/c11-9-4-1-5-12(10(9)13)8-3-2-6-14-7-8/h1,4-5,8H,2-3,6-7,11H2. The van der Waals surface area contributed by atoms with Crippen molar-refractivity contribution < 1.29 is 4.74 Å². The van der Waals surface area contributed by atoms with Crippen LogP contribution in [0.2, 0.25) is 0 Å². The second-order valence-electron chi connectivity index (χ2n) is 3.55. The molecule has 0 saturated carbocycles. The van der Waals surface area contributed by atoms with Gasteiger partial charge in [0.15, 0.2) is 0 Å². The molecule has 1 atom stereocenters. The molecule has 0 bridgehead atoms. The normalized spacial score (nSPS) is 22.1. The van der Waals surface area contributed by atoms with E-state index in [0.29, 0.717) is 12.3 Å². The van der Waals surface area contributed by atoms with E-state index in [0.717, 1.165) is 19.4 Å². The molecule has 0 aromatic carbocycles. The Kier molecular flexibility index (Phi) is 2.54. The van der Waals surface area contributed by atoms with Gasteiger partial charge in [-0.3, -0.25) is 4.79 Å². The highest BCUT2D eigenvalue weighted by Gasteiger charge is 2.16. The zero-order valence-electron chi connectivity index (χ0n) is 7.98. The fourth-order valence-corrected chi connectivity index (χ4v) is 1.76. The van der Waals surface area contributed by atoms with E-state index >= 15 is 0 Å². The molecule has 1 aromatic heterocycles. The quantitative estimate of drug-likeness (QED) is 0.718. The van der Waals surface area contributed by atoms with Crippen LogP contribution in [-0.4, -0.2) is 17.8 Å². The Morgan fingerprint density at radius 3 is 3.14 bits per heavy atom. The summed E-state index contributed by atoms with van der Waals surface area (Å²) in [6.07, 6.45) is 3.77. The number of nitrogens with two attached hydrogens (primary N) is 1. The number of hydrogen-bond donors (Lipinski definition) is 1. The number of nitrogens with zero attached hydrogens (tertiary/aromatic N) is 1. The van der Waals surface area contributed by atoms with E-state index in [2.05, 4.69) is 0 Å². The maximum absolute atomic E-state index is 11.7. The van der Waals surface area contributed by atoms with Crippen molar-refractivity contribution in [2.45, 2.75) is 18.9 Å². The second kappa shape index (κ2) is 3.84. The zero-order valence-corrected chi connectivity index (χ0v) is 7.98. The van der Waals surface area contributed by atoms with Gasteiger partial charge in [0.25, 0.3) is 5.56 Å². The molecule has 2 N–H and O–H groups in total. The first kappa shape index (κ1) is 9.27. The second-order valence-corrected chi connectivity index (χ2v) is 3.55. The van der Waals surface area contributed by atoms with E-state index in [9.17, 15) is 4.79 Å². The SMILES string of the molecule is Nc1cccn(C2CCCOC2)c1=O. The Hall–Kier alpha value is -1.29. The summed E-state index contributed by atoms with van der Waals surface area (Å²) < 4.78 is 7.01. The van der Waals surface area contributed by atoms with Gasteiger partial charge < -0.3 is 15.0 Å². The Morgan fingerprint density at radius 1 is 1.57 bits per heavy atom. The van der Waals surface area contributed by atoms with Crippen molar-refractivity contribution >= 4 is 5.69 Å². The van der Waals surface area contributed by atoms with E-state index in [4.69, 9.17) is 10.5 Å². The van der Waals surface area contributed by atoms with Crippen LogP contribution in [0.15, 0.2) is 23.1 Å². The average Bonchev–Trinajstić information content (AvgIpc) is 2.23. The maximum Gasteiger partial charge on any atom is 0.273 e. The highest BCUT2D eigenvalue weighted by molar-refractivity contribution is 5.33. The van der Waals surface area contributed by atoms with E-state index in [1.54, 1.807) is 22.9 Å². The van der Waals surface area contributed by atoms with Crippen molar-refractivity contribution in [3.63, 3.8) is 0 Å². The van der Waals surface area contributed by atoms with E-state index in [1.807, 2.05) is 0 Å². The molecule has 1 aliphatic heterocycles. The fraction of sp³-hybridized carbons (Fsp3) is 0.500. The van der Waals surface area contributed by atoms with E-state index in [1.165, 1.54) is 0 Å². The van der Waals surface area contributed by atoms with Crippen LogP contribution in [0, 0.1) is 0 Å². The molecule has 0 amide bonds. The fourth-order valence-electron chi connectivity index (χ4n) is 1.76. The van der Waals surface area contributed by atoms with Crippen LogP contribution in [0.1, 0.15) is 18.9 Å². The van der Waals surface area contributed by atoms with E-state index < -0.39 is 0 Å². The third-order valence-electron chi connectivity index (χ3n) is 2.53. The number of aromatic nitrogens is 1. The van der Waals surface area contributed by atoms with Gasteiger partial charge in [0, 0.05) is 12.8 Å². The van der Waals surface area contributed by atoms with Crippen LogP contribution in [0.25, 0.3) is 0 Å². The highest BCUT2D eigenvalue weighted by Crippen LogP contribution is 2.17. The molecule has 76 valence electrons. The molecule has 0 aliphatic carbocycles. The predicted molar refractivity (Wildman–Crippen MR) is 54.2 cm³/mol. The van der Waals surface area contributed by atoms with Gasteiger partial charge in [-0.05, 0) is 25.0 Å². The Morgan fingerprint density at radius 2 is 2.43 bits per heavy atom. The number of anilines is 1. The molecule has 2 heterocycles. The molecule has 1 unspecified atom stereocenters. The molecule has 14 heavy (non-hydrogen) atoms. The van der Waals surface area contributed by atoms with Crippen LogP contribution in [0.5, 0.6) is 0 Å². The molecule has 4 heteroatoms. The summed E-state index contributed by atoms with van der Waals surface area (Å²) in [6.45, 7) is 1.41. The molecule has 1 fully saturated rings. The van der Waals surface area contributed by atoms with Gasteiger partial charge in [-0.2, -0.15) is 0 Å². The number of nitrogen functional groups attached to an aromatic ring is 1. The summed E-state index contributed by atoms with van der Waals surface area (Å²) in [4.78, 5) is 11.7. The lowest BCUT2D eigenvalue weighted by molar-refractivity contribution is 0.0581. The third-order valence-corrected chi connectivity index (χ3v) is 2.53. The summed E-state index contributed by atoms with van der Waals surface area (Å²) in [5.41, 5.74) is 5.75. The predicted octanol–water partition coefficient (Wildman–Crippen LogP) is 0.782. The Labute approximate surface area is 82.3 Å². The van der Waals surface area contributed by atoms with Crippen molar-refractivity contribution in [2.75, 3.05) is 18.9 Å². The van der Waals surface area contributed by atoms with Crippen LogP contribution < -0.4 is 11.3 Å². The van der Waals surface area contributed by atoms with Crippen molar-refractivity contribution in [3.8, 4) is 0 Å². The van der Waals surface area contributed by atoms with Crippen molar-refractivity contribution in [1.82, 2.24) is 4.57 Å². The van der Waals surface area contributed by atoms with Crippen molar-refractivity contribution in [3.05, 3.63) is 28.7 Å². The highest BCUT2D eigenvalue weighted by atomic mass is 16.5. The number of rotatable bonds is 1. The maximum atomic E-state index is 11.7. The summed E-state index contributed by atoms with van der Waals surface area (Å²) >= 11 is 0. The minimum absolute atomic E-state index is 0.108. The first-order valence-electron chi connectivity index (χ1n) is 4.83. The van der Waals surface area contributed by atoms with Crippen LogP contribution in [-0.2, 0) is 4.74 Å². The minimum atomic E-state index is -0.108. The summed E-state index contributed by atoms with van der Waals surface area (Å²) in [6, 6.07) is 3.58. The molecule has 0 radical (unpaired) electrons. The Bertz CT molecular complexity index is 367. The molecular weight excluding hydrogens is 180 g/mol. The molecule has 1 aliphatic rings. The van der Waals surface area contributed by atoms with E-state index in [-0.39, 0.29) is 11.6 Å². The van der Waals surface area contributed by atoms with Gasteiger partial charge in [0.2, 0.25) is 0 Å². The van der Waals surface area contributed by atoms with Gasteiger partial charge >= 0.3 is 0 Å². The summed E-state index contributed by atoms with van der Waals surface area (Å²) in [7, 11) is 0. The topological polar surface area (TPSA) is 57.2 Å². The van der Waals surface area contributed by atoms with Gasteiger partial charge in [-0.1, -0.05) is 0 Å². The molecule has 1 aromatic rings. The average molecular weight is 194 g/mol. The zero-order chi connectivity index (χ0) is 9.97. The smallest absolute Gasteiger partial charge is 0.273 e. The molecule has 2 rings (SSSR count). The Balaban J connectivity index is 2.31. The molecular formula is C10H14N2O2. The lowest BCUT2D eigenvalue weighted by atomic mass is 10.1. The number of hydrogen-bond acceptors (Lipinski definition) is 3. The van der Waals surface area contributed by atoms with Gasteiger partial charge in [0.05, 0.1) is 18.3 Å².